The number of benzene rings is 1. The smallest absolute Gasteiger partial charge is 0.123 e. The van der Waals surface area contributed by atoms with Crippen LogP contribution in [0.15, 0.2) is 12.1 Å². The summed E-state index contributed by atoms with van der Waals surface area (Å²) < 4.78 is 13.0. The topological polar surface area (TPSA) is 26.0 Å². The van der Waals surface area contributed by atoms with Gasteiger partial charge in [-0.1, -0.05) is 11.8 Å². The molecule has 0 atom stereocenters. The molecule has 0 aliphatic rings. The number of halogens is 1. The third kappa shape index (κ3) is 3.38. The van der Waals surface area contributed by atoms with Gasteiger partial charge < -0.3 is 5.73 Å². The van der Waals surface area contributed by atoms with E-state index in [1.807, 2.05) is 13.8 Å². The summed E-state index contributed by atoms with van der Waals surface area (Å²) in [4.78, 5) is 0. The molecule has 1 rings (SSSR count). The molecule has 0 radical (unpaired) electrons. The first-order valence-corrected chi connectivity index (χ1v) is 5.11. The summed E-state index contributed by atoms with van der Waals surface area (Å²) in [7, 11) is 0. The van der Waals surface area contributed by atoms with Crippen LogP contribution in [0.4, 0.5) is 4.39 Å². The van der Waals surface area contributed by atoms with Crippen molar-refractivity contribution in [2.24, 2.45) is 5.73 Å². The SMILES string of the molecule is Cc1cc(F)cc(C)c1C#CCCCN. The lowest BCUT2D eigenvalue weighted by molar-refractivity contribution is 0.625. The number of hydrogen-bond donors (Lipinski definition) is 1. The summed E-state index contributed by atoms with van der Waals surface area (Å²) in [6.07, 6.45) is 1.71. The summed E-state index contributed by atoms with van der Waals surface area (Å²) >= 11 is 0. The number of rotatable bonds is 2. The predicted molar refractivity (Wildman–Crippen MR) is 61.0 cm³/mol. The quantitative estimate of drug-likeness (QED) is 0.582. The van der Waals surface area contributed by atoms with Gasteiger partial charge in [0.1, 0.15) is 5.82 Å². The average molecular weight is 205 g/mol. The normalized spacial score (nSPS) is 9.60. The first-order chi connectivity index (χ1) is 7.15. The van der Waals surface area contributed by atoms with E-state index in [4.69, 9.17) is 5.73 Å². The van der Waals surface area contributed by atoms with Gasteiger partial charge in [-0.3, -0.25) is 0 Å². The van der Waals surface area contributed by atoms with E-state index in [0.717, 1.165) is 29.5 Å². The van der Waals surface area contributed by atoms with Gasteiger partial charge in [-0.15, -0.1) is 0 Å². The minimum atomic E-state index is -0.197. The van der Waals surface area contributed by atoms with Crippen molar-refractivity contribution >= 4 is 0 Å². The Balaban J connectivity index is 2.88. The molecule has 0 unspecified atom stereocenters. The predicted octanol–water partition coefficient (Wildman–Crippen LogP) is 2.53. The highest BCUT2D eigenvalue weighted by Crippen LogP contribution is 2.14. The lowest BCUT2D eigenvalue weighted by Gasteiger charge is -2.02. The van der Waals surface area contributed by atoms with Crippen molar-refractivity contribution < 1.29 is 4.39 Å². The van der Waals surface area contributed by atoms with E-state index in [1.165, 1.54) is 12.1 Å². The maximum absolute atomic E-state index is 13.0. The Morgan fingerprint density at radius 1 is 1.27 bits per heavy atom. The van der Waals surface area contributed by atoms with E-state index in [9.17, 15) is 4.39 Å². The second-order valence-electron chi connectivity index (χ2n) is 3.61. The summed E-state index contributed by atoms with van der Waals surface area (Å²) in [6.45, 7) is 4.42. The second-order valence-corrected chi connectivity index (χ2v) is 3.61. The summed E-state index contributed by atoms with van der Waals surface area (Å²) in [5, 5.41) is 0. The first kappa shape index (κ1) is 11.7. The van der Waals surface area contributed by atoms with Crippen LogP contribution >= 0.6 is 0 Å². The maximum atomic E-state index is 13.0. The minimum absolute atomic E-state index is 0.197. The average Bonchev–Trinajstić information content (AvgIpc) is 2.15. The fourth-order valence-electron chi connectivity index (χ4n) is 1.45. The van der Waals surface area contributed by atoms with Crippen LogP contribution in [0.3, 0.4) is 0 Å². The Labute approximate surface area is 90.5 Å². The third-order valence-corrected chi connectivity index (χ3v) is 2.22. The largest absolute Gasteiger partial charge is 0.330 e. The first-order valence-electron chi connectivity index (χ1n) is 5.11. The lowest BCUT2D eigenvalue weighted by atomic mass is 10.0. The molecule has 0 aromatic heterocycles. The fraction of sp³-hybridized carbons (Fsp3) is 0.385. The minimum Gasteiger partial charge on any atom is -0.330 e. The number of aryl methyl sites for hydroxylation is 2. The highest BCUT2D eigenvalue weighted by atomic mass is 19.1. The molecule has 0 aliphatic carbocycles. The zero-order chi connectivity index (χ0) is 11.3. The van der Waals surface area contributed by atoms with Gasteiger partial charge in [0, 0.05) is 12.0 Å². The molecule has 15 heavy (non-hydrogen) atoms. The second kappa shape index (κ2) is 5.53. The molecule has 2 N–H and O–H groups in total. The van der Waals surface area contributed by atoms with Crippen molar-refractivity contribution in [3.63, 3.8) is 0 Å². The Hall–Kier alpha value is -1.33. The fourth-order valence-corrected chi connectivity index (χ4v) is 1.45. The van der Waals surface area contributed by atoms with E-state index in [2.05, 4.69) is 11.8 Å². The molecule has 0 heterocycles. The zero-order valence-electron chi connectivity index (χ0n) is 9.23. The molecule has 1 aromatic rings. The van der Waals surface area contributed by atoms with E-state index in [0.29, 0.717) is 6.54 Å². The van der Waals surface area contributed by atoms with E-state index in [1.54, 1.807) is 0 Å². The van der Waals surface area contributed by atoms with Gasteiger partial charge in [0.2, 0.25) is 0 Å². The van der Waals surface area contributed by atoms with Crippen molar-refractivity contribution in [3.05, 3.63) is 34.6 Å². The van der Waals surface area contributed by atoms with Crippen LogP contribution in [0.5, 0.6) is 0 Å². The molecule has 0 spiro atoms. The monoisotopic (exact) mass is 205 g/mol. The standard InChI is InChI=1S/C13H16FN/c1-10-8-12(14)9-11(2)13(10)6-4-3-5-7-15/h8-9H,3,5,7,15H2,1-2H3. The number of hydrogen-bond acceptors (Lipinski definition) is 1. The van der Waals surface area contributed by atoms with Gasteiger partial charge in [0.05, 0.1) is 0 Å². The molecule has 0 aliphatic heterocycles. The Morgan fingerprint density at radius 2 is 1.87 bits per heavy atom. The van der Waals surface area contributed by atoms with Gasteiger partial charge in [0.25, 0.3) is 0 Å². The van der Waals surface area contributed by atoms with Crippen LogP contribution in [0.2, 0.25) is 0 Å². The van der Waals surface area contributed by atoms with Crippen LogP contribution < -0.4 is 5.73 Å². The molecular weight excluding hydrogens is 189 g/mol. The van der Waals surface area contributed by atoms with Crippen LogP contribution in [0.1, 0.15) is 29.5 Å². The Bertz CT molecular complexity index is 376. The van der Waals surface area contributed by atoms with E-state index in [-0.39, 0.29) is 5.82 Å². The third-order valence-electron chi connectivity index (χ3n) is 2.22. The van der Waals surface area contributed by atoms with Gasteiger partial charge in [0.15, 0.2) is 0 Å². The molecule has 0 fully saturated rings. The lowest BCUT2D eigenvalue weighted by Crippen LogP contribution is -1.96. The summed E-state index contributed by atoms with van der Waals surface area (Å²) in [5.74, 6) is 5.93. The number of nitrogens with two attached hydrogens (primary N) is 1. The highest BCUT2D eigenvalue weighted by Gasteiger charge is 2.01. The van der Waals surface area contributed by atoms with E-state index >= 15 is 0 Å². The van der Waals surface area contributed by atoms with E-state index < -0.39 is 0 Å². The Morgan fingerprint density at radius 3 is 2.40 bits per heavy atom. The maximum Gasteiger partial charge on any atom is 0.123 e. The number of unbranched alkanes of at least 4 members (excludes halogenated alkanes) is 1. The van der Waals surface area contributed by atoms with Gasteiger partial charge >= 0.3 is 0 Å². The molecule has 1 nitrogen and oxygen atoms in total. The van der Waals surface area contributed by atoms with Gasteiger partial charge in [-0.2, -0.15) is 0 Å². The van der Waals surface area contributed by atoms with Crippen LogP contribution in [-0.4, -0.2) is 6.54 Å². The van der Waals surface area contributed by atoms with Crippen LogP contribution in [0.25, 0.3) is 0 Å². The van der Waals surface area contributed by atoms with Crippen molar-refractivity contribution in [1.82, 2.24) is 0 Å². The van der Waals surface area contributed by atoms with Crippen molar-refractivity contribution in [2.75, 3.05) is 6.54 Å². The molecule has 80 valence electrons. The summed E-state index contributed by atoms with van der Waals surface area (Å²) in [6, 6.07) is 3.03. The molecular formula is C13H16FN. The van der Waals surface area contributed by atoms with Crippen molar-refractivity contribution in [1.29, 1.82) is 0 Å². The molecule has 0 amide bonds. The van der Waals surface area contributed by atoms with Crippen LogP contribution in [-0.2, 0) is 0 Å². The van der Waals surface area contributed by atoms with Crippen LogP contribution in [0, 0.1) is 31.5 Å². The molecule has 1 aromatic carbocycles. The molecule has 0 saturated carbocycles. The Kier molecular flexibility index (Phi) is 4.33. The van der Waals surface area contributed by atoms with Gasteiger partial charge in [-0.05, 0) is 50.1 Å². The molecule has 0 saturated heterocycles. The van der Waals surface area contributed by atoms with Crippen molar-refractivity contribution in [3.8, 4) is 11.8 Å². The summed E-state index contributed by atoms with van der Waals surface area (Å²) in [5.41, 5.74) is 8.10. The molecule has 2 heteroatoms. The van der Waals surface area contributed by atoms with Gasteiger partial charge in [-0.25, -0.2) is 4.39 Å². The highest BCUT2D eigenvalue weighted by molar-refractivity contribution is 5.46. The zero-order valence-corrected chi connectivity index (χ0v) is 9.23. The van der Waals surface area contributed by atoms with Crippen molar-refractivity contribution in [2.45, 2.75) is 26.7 Å². The molecule has 0 bridgehead atoms.